The lowest BCUT2D eigenvalue weighted by Crippen LogP contribution is -2.52. The highest BCUT2D eigenvalue weighted by Crippen LogP contribution is 2.31. The third-order valence-electron chi connectivity index (χ3n) is 6.19. The maximum Gasteiger partial charge on any atom is 0.255 e. The summed E-state index contributed by atoms with van der Waals surface area (Å²) >= 11 is 0. The van der Waals surface area contributed by atoms with Crippen molar-refractivity contribution in [2.24, 2.45) is 0 Å². The molecule has 156 valence electrons. The summed E-state index contributed by atoms with van der Waals surface area (Å²) in [5.41, 5.74) is 1.67. The molecule has 29 heavy (non-hydrogen) atoms. The van der Waals surface area contributed by atoms with Gasteiger partial charge in [-0.15, -0.1) is 0 Å². The summed E-state index contributed by atoms with van der Waals surface area (Å²) in [6, 6.07) is 4.98. The number of nitrogens with one attached hydrogen (secondary N) is 1. The van der Waals surface area contributed by atoms with Crippen LogP contribution in [0.2, 0.25) is 0 Å². The highest BCUT2D eigenvalue weighted by Gasteiger charge is 2.39. The Morgan fingerprint density at radius 2 is 1.79 bits per heavy atom. The average Bonchev–Trinajstić information content (AvgIpc) is 2.97. The zero-order valence-corrected chi connectivity index (χ0v) is 17.4. The summed E-state index contributed by atoms with van der Waals surface area (Å²) in [6.45, 7) is 9.11. The van der Waals surface area contributed by atoms with Crippen molar-refractivity contribution in [3.8, 4) is 5.75 Å². The number of hydrogen-bond donors (Lipinski definition) is 1. The highest BCUT2D eigenvalue weighted by molar-refractivity contribution is 6.05. The first kappa shape index (κ1) is 19.9. The van der Waals surface area contributed by atoms with Gasteiger partial charge in [-0.1, -0.05) is 0 Å². The summed E-state index contributed by atoms with van der Waals surface area (Å²) < 4.78 is 6.21. The fourth-order valence-electron chi connectivity index (χ4n) is 4.46. The van der Waals surface area contributed by atoms with Gasteiger partial charge in [-0.05, 0) is 63.8 Å². The minimum atomic E-state index is -0.585. The molecule has 2 fully saturated rings. The predicted molar refractivity (Wildman–Crippen MR) is 107 cm³/mol. The molecule has 0 aromatic heterocycles. The van der Waals surface area contributed by atoms with Crippen LogP contribution in [0.25, 0.3) is 0 Å². The van der Waals surface area contributed by atoms with Gasteiger partial charge >= 0.3 is 0 Å². The number of amides is 3. The fraction of sp³-hybridized carbons (Fsp3) is 0.591. The summed E-state index contributed by atoms with van der Waals surface area (Å²) in [7, 11) is 0. The van der Waals surface area contributed by atoms with E-state index in [4.69, 9.17) is 4.74 Å². The van der Waals surface area contributed by atoms with Gasteiger partial charge in [0, 0.05) is 37.2 Å². The summed E-state index contributed by atoms with van der Waals surface area (Å²) in [4.78, 5) is 40.4. The van der Waals surface area contributed by atoms with Crippen LogP contribution in [0, 0.1) is 0 Å². The topological polar surface area (TPSA) is 79.0 Å². The van der Waals surface area contributed by atoms with Crippen molar-refractivity contribution in [3.05, 3.63) is 29.3 Å². The van der Waals surface area contributed by atoms with Crippen molar-refractivity contribution in [1.29, 1.82) is 0 Å². The predicted octanol–water partition coefficient (Wildman–Crippen LogP) is 2.09. The first-order valence-electron chi connectivity index (χ1n) is 10.4. The van der Waals surface area contributed by atoms with Gasteiger partial charge in [0.05, 0.1) is 0 Å². The van der Waals surface area contributed by atoms with Gasteiger partial charge in [0.1, 0.15) is 17.9 Å². The summed E-state index contributed by atoms with van der Waals surface area (Å²) in [5.74, 6) is -0.0384. The fourth-order valence-corrected chi connectivity index (χ4v) is 4.46. The molecule has 3 amide bonds. The molecule has 1 atom stereocenters. The van der Waals surface area contributed by atoms with Crippen molar-refractivity contribution >= 4 is 17.7 Å². The van der Waals surface area contributed by atoms with E-state index < -0.39 is 6.04 Å². The van der Waals surface area contributed by atoms with Crippen molar-refractivity contribution < 1.29 is 19.1 Å². The Bertz CT molecular complexity index is 837. The number of rotatable bonds is 3. The van der Waals surface area contributed by atoms with Crippen LogP contribution in [0.4, 0.5) is 0 Å². The Labute approximate surface area is 171 Å². The standard InChI is InChI=1S/C22H29N3O4/c1-22(2,3)24-10-8-15(9-11-24)29-16-4-5-17-14(12-16)13-25(21(17)28)18-6-7-19(26)23-20(18)27/h4-5,12,15,18H,6-11,13H2,1-3H3,(H,23,26,27). The number of ether oxygens (including phenoxy) is 1. The molecule has 3 aliphatic heterocycles. The zero-order chi connectivity index (χ0) is 20.8. The van der Waals surface area contributed by atoms with Gasteiger partial charge in [0.25, 0.3) is 5.91 Å². The minimum Gasteiger partial charge on any atom is -0.490 e. The lowest BCUT2D eigenvalue weighted by molar-refractivity contribution is -0.136. The molecule has 0 radical (unpaired) electrons. The molecule has 3 heterocycles. The van der Waals surface area contributed by atoms with Gasteiger partial charge in [0.2, 0.25) is 11.8 Å². The van der Waals surface area contributed by atoms with Crippen LogP contribution in [-0.4, -0.2) is 58.3 Å². The van der Waals surface area contributed by atoms with Crippen LogP contribution in [0.1, 0.15) is 62.4 Å². The molecule has 1 aromatic carbocycles. The smallest absolute Gasteiger partial charge is 0.255 e. The van der Waals surface area contributed by atoms with E-state index in [0.29, 0.717) is 18.5 Å². The number of fused-ring (bicyclic) bond motifs is 1. The largest absolute Gasteiger partial charge is 0.490 e. The van der Waals surface area contributed by atoms with E-state index in [1.54, 1.807) is 11.0 Å². The van der Waals surface area contributed by atoms with Crippen LogP contribution in [0.3, 0.4) is 0 Å². The molecule has 0 aliphatic carbocycles. The molecule has 7 nitrogen and oxygen atoms in total. The Morgan fingerprint density at radius 1 is 1.07 bits per heavy atom. The number of hydrogen-bond acceptors (Lipinski definition) is 5. The highest BCUT2D eigenvalue weighted by atomic mass is 16.5. The number of piperidine rings is 2. The molecule has 1 aromatic rings. The maximum atomic E-state index is 12.8. The number of imide groups is 1. The van der Waals surface area contributed by atoms with Crippen molar-refractivity contribution in [2.45, 2.75) is 70.7 Å². The normalized spacial score (nSPS) is 23.9. The Hall–Kier alpha value is -2.41. The number of carbonyl (C=O) groups excluding carboxylic acids is 3. The summed E-state index contributed by atoms with van der Waals surface area (Å²) in [6.07, 6.45) is 2.78. The number of nitrogens with zero attached hydrogens (tertiary/aromatic N) is 2. The minimum absolute atomic E-state index is 0.153. The van der Waals surface area contributed by atoms with E-state index in [0.717, 1.165) is 37.2 Å². The summed E-state index contributed by atoms with van der Waals surface area (Å²) in [5, 5.41) is 2.33. The molecule has 2 saturated heterocycles. The van der Waals surface area contributed by atoms with E-state index in [2.05, 4.69) is 31.0 Å². The molecular formula is C22H29N3O4. The Kier molecular flexibility index (Phi) is 5.11. The van der Waals surface area contributed by atoms with Gasteiger partial charge < -0.3 is 9.64 Å². The van der Waals surface area contributed by atoms with Crippen LogP contribution >= 0.6 is 0 Å². The molecule has 0 bridgehead atoms. The van der Waals surface area contributed by atoms with Gasteiger partial charge in [0.15, 0.2) is 0 Å². The lowest BCUT2D eigenvalue weighted by atomic mass is 9.99. The second-order valence-corrected chi connectivity index (χ2v) is 9.19. The van der Waals surface area contributed by atoms with E-state index >= 15 is 0 Å². The van der Waals surface area contributed by atoms with Crippen molar-refractivity contribution in [2.75, 3.05) is 13.1 Å². The monoisotopic (exact) mass is 399 g/mol. The molecule has 1 N–H and O–H groups in total. The van der Waals surface area contributed by atoms with Gasteiger partial charge in [-0.2, -0.15) is 0 Å². The molecule has 0 saturated carbocycles. The Balaban J connectivity index is 1.40. The number of likely N-dealkylation sites (tertiary alicyclic amines) is 1. The van der Waals surface area contributed by atoms with Crippen LogP contribution in [-0.2, 0) is 16.1 Å². The maximum absolute atomic E-state index is 12.8. The molecule has 4 rings (SSSR count). The molecular weight excluding hydrogens is 370 g/mol. The van der Waals surface area contributed by atoms with Crippen molar-refractivity contribution in [1.82, 2.24) is 15.1 Å². The third-order valence-corrected chi connectivity index (χ3v) is 6.19. The van der Waals surface area contributed by atoms with Gasteiger partial charge in [-0.25, -0.2) is 0 Å². The van der Waals surface area contributed by atoms with Crippen LogP contribution in [0.5, 0.6) is 5.75 Å². The first-order valence-corrected chi connectivity index (χ1v) is 10.4. The molecule has 0 spiro atoms. The Morgan fingerprint density at radius 3 is 2.45 bits per heavy atom. The van der Waals surface area contributed by atoms with E-state index in [1.165, 1.54) is 0 Å². The van der Waals surface area contributed by atoms with Crippen molar-refractivity contribution in [3.63, 3.8) is 0 Å². The zero-order valence-electron chi connectivity index (χ0n) is 17.4. The third kappa shape index (κ3) is 4.01. The van der Waals surface area contributed by atoms with Gasteiger partial charge in [-0.3, -0.25) is 24.6 Å². The molecule has 7 heteroatoms. The number of carbonyl (C=O) groups is 3. The second-order valence-electron chi connectivity index (χ2n) is 9.19. The quantitative estimate of drug-likeness (QED) is 0.788. The molecule has 3 aliphatic rings. The molecule has 1 unspecified atom stereocenters. The van der Waals surface area contributed by atoms with Crippen LogP contribution in [0.15, 0.2) is 18.2 Å². The number of benzene rings is 1. The van der Waals surface area contributed by atoms with E-state index in [1.807, 2.05) is 12.1 Å². The first-order chi connectivity index (χ1) is 13.7. The second kappa shape index (κ2) is 7.44. The SMILES string of the molecule is CC(C)(C)N1CCC(Oc2ccc3c(c2)CN(C2CCC(=O)NC2=O)C3=O)CC1. The van der Waals surface area contributed by atoms with Crippen LogP contribution < -0.4 is 10.1 Å². The lowest BCUT2D eigenvalue weighted by Gasteiger charge is -2.40. The van der Waals surface area contributed by atoms with E-state index in [9.17, 15) is 14.4 Å². The van der Waals surface area contributed by atoms with E-state index in [-0.39, 0.29) is 35.8 Å². The average molecular weight is 399 g/mol.